The Morgan fingerprint density at radius 3 is 2.79 bits per heavy atom. The fraction of sp³-hybridized carbons (Fsp3) is 0.400. The average Bonchev–Trinajstić information content (AvgIpc) is 3.13. The monoisotopic (exact) mass is 399 g/mol. The molecule has 0 spiro atoms. The number of aromatic amines is 1. The van der Waals surface area contributed by atoms with Gasteiger partial charge in [0.05, 0.1) is 17.8 Å². The minimum atomic E-state index is -0.903. The molecular formula is C20H19F2N5O2. The molecule has 7 nitrogen and oxygen atoms in total. The summed E-state index contributed by atoms with van der Waals surface area (Å²) in [6.07, 6.45) is 7.35. The Labute approximate surface area is 164 Å². The molecule has 3 aromatic heterocycles. The van der Waals surface area contributed by atoms with Crippen molar-refractivity contribution in [3.8, 4) is 11.4 Å². The van der Waals surface area contributed by atoms with Crippen molar-refractivity contribution in [2.24, 2.45) is 11.3 Å². The molecule has 3 fully saturated rings. The van der Waals surface area contributed by atoms with Crippen molar-refractivity contribution in [1.29, 1.82) is 0 Å². The third-order valence-electron chi connectivity index (χ3n) is 6.45. The molecule has 29 heavy (non-hydrogen) atoms. The molecular weight excluding hydrogens is 380 g/mol. The Hall–Kier alpha value is -3.10. The second kappa shape index (κ2) is 6.47. The van der Waals surface area contributed by atoms with Gasteiger partial charge in [0.2, 0.25) is 0 Å². The predicted molar refractivity (Wildman–Crippen MR) is 101 cm³/mol. The van der Waals surface area contributed by atoms with Crippen LogP contribution in [0.25, 0.3) is 22.4 Å². The lowest BCUT2D eigenvalue weighted by molar-refractivity contribution is -0.156. The largest absolute Gasteiger partial charge is 0.481 e. The number of nitrogens with one attached hydrogen (secondary N) is 2. The molecule has 0 aromatic carbocycles. The summed E-state index contributed by atoms with van der Waals surface area (Å²) in [5.41, 5.74) is 0.0616. The maximum Gasteiger partial charge on any atom is 0.311 e. The zero-order valence-corrected chi connectivity index (χ0v) is 15.5. The van der Waals surface area contributed by atoms with Crippen LogP contribution in [0, 0.1) is 23.0 Å². The number of carboxylic acids is 1. The highest BCUT2D eigenvalue weighted by atomic mass is 19.1. The number of rotatable bonds is 4. The minimum Gasteiger partial charge on any atom is -0.481 e. The molecule has 0 saturated heterocycles. The topological polar surface area (TPSA) is 104 Å². The lowest BCUT2D eigenvalue weighted by Crippen LogP contribution is -2.54. The third kappa shape index (κ3) is 2.83. The van der Waals surface area contributed by atoms with E-state index in [1.54, 1.807) is 6.20 Å². The molecule has 3 saturated carbocycles. The van der Waals surface area contributed by atoms with E-state index in [1.807, 2.05) is 0 Å². The molecule has 3 aliphatic rings. The Balaban J connectivity index is 1.52. The molecule has 2 bridgehead atoms. The molecule has 3 aliphatic carbocycles. The molecule has 1 atom stereocenters. The van der Waals surface area contributed by atoms with Crippen LogP contribution in [0.1, 0.15) is 32.1 Å². The molecule has 0 radical (unpaired) electrons. The lowest BCUT2D eigenvalue weighted by atomic mass is 9.58. The molecule has 3 N–H and O–H groups in total. The summed E-state index contributed by atoms with van der Waals surface area (Å²) >= 11 is 0. The van der Waals surface area contributed by atoms with Gasteiger partial charge in [0.15, 0.2) is 17.5 Å². The lowest BCUT2D eigenvalue weighted by Gasteiger charge is -2.49. The third-order valence-corrected chi connectivity index (χ3v) is 6.45. The second-order valence-corrected chi connectivity index (χ2v) is 7.98. The number of anilines is 1. The number of hydrogen-bond donors (Lipinski definition) is 3. The molecule has 1 unspecified atom stereocenters. The summed E-state index contributed by atoms with van der Waals surface area (Å²) in [7, 11) is 0. The van der Waals surface area contributed by atoms with Crippen molar-refractivity contribution in [2.75, 3.05) is 5.32 Å². The summed E-state index contributed by atoms with van der Waals surface area (Å²) in [6.45, 7) is 0. The van der Waals surface area contributed by atoms with Gasteiger partial charge in [0, 0.05) is 23.2 Å². The molecule has 3 heterocycles. The number of carbonyl (C=O) groups is 1. The Kier molecular flexibility index (Phi) is 4.01. The first-order valence-electron chi connectivity index (χ1n) is 9.62. The van der Waals surface area contributed by atoms with E-state index in [0.717, 1.165) is 25.2 Å². The average molecular weight is 399 g/mol. The maximum absolute atomic E-state index is 14.5. The molecule has 0 aliphatic heterocycles. The van der Waals surface area contributed by atoms with E-state index in [4.69, 9.17) is 0 Å². The van der Waals surface area contributed by atoms with Crippen molar-refractivity contribution < 1.29 is 18.7 Å². The fourth-order valence-electron chi connectivity index (χ4n) is 4.82. The number of aromatic nitrogens is 4. The Morgan fingerprint density at radius 1 is 1.24 bits per heavy atom. The van der Waals surface area contributed by atoms with Crippen LogP contribution in [-0.4, -0.2) is 37.1 Å². The second-order valence-electron chi connectivity index (χ2n) is 7.98. The first-order chi connectivity index (χ1) is 14.0. The van der Waals surface area contributed by atoms with E-state index in [0.29, 0.717) is 41.8 Å². The highest BCUT2D eigenvalue weighted by Crippen LogP contribution is 2.51. The number of nitrogens with zero attached hydrogens (tertiary/aromatic N) is 3. The van der Waals surface area contributed by atoms with E-state index in [2.05, 4.69) is 25.3 Å². The highest BCUT2D eigenvalue weighted by molar-refractivity contribution is 5.91. The SMILES string of the molecule is O=C(O)C12CCC(CC1)CC2Nc1nc(-c2c[nH]c3ncc(F)cc23)ncc1F. The van der Waals surface area contributed by atoms with Gasteiger partial charge < -0.3 is 15.4 Å². The summed E-state index contributed by atoms with van der Waals surface area (Å²) in [6, 6.07) is 0.917. The molecule has 3 aromatic rings. The zero-order chi connectivity index (χ0) is 20.2. The van der Waals surface area contributed by atoms with E-state index >= 15 is 0 Å². The number of aliphatic carboxylic acids is 1. The number of H-pyrrole nitrogens is 1. The molecule has 150 valence electrons. The summed E-state index contributed by atoms with van der Waals surface area (Å²) in [5.74, 6) is -1.38. The minimum absolute atomic E-state index is 0.0353. The number of carboxylic acid groups (broad SMARTS) is 1. The van der Waals surface area contributed by atoms with Gasteiger partial charge in [0.25, 0.3) is 0 Å². The fourth-order valence-corrected chi connectivity index (χ4v) is 4.82. The maximum atomic E-state index is 14.5. The van der Waals surface area contributed by atoms with E-state index in [1.165, 1.54) is 6.07 Å². The van der Waals surface area contributed by atoms with Gasteiger partial charge in [-0.2, -0.15) is 0 Å². The van der Waals surface area contributed by atoms with Gasteiger partial charge in [-0.3, -0.25) is 4.79 Å². The quantitative estimate of drug-likeness (QED) is 0.617. The van der Waals surface area contributed by atoms with Crippen molar-refractivity contribution in [3.63, 3.8) is 0 Å². The molecule has 9 heteroatoms. The van der Waals surface area contributed by atoms with Crippen molar-refractivity contribution in [3.05, 3.63) is 36.3 Å². The van der Waals surface area contributed by atoms with Crippen LogP contribution >= 0.6 is 0 Å². The normalized spacial score (nSPS) is 26.0. The number of fused-ring (bicyclic) bond motifs is 4. The predicted octanol–water partition coefficient (Wildman–Crippen LogP) is 3.74. The van der Waals surface area contributed by atoms with Gasteiger partial charge in [-0.05, 0) is 44.1 Å². The smallest absolute Gasteiger partial charge is 0.311 e. The van der Waals surface area contributed by atoms with Crippen molar-refractivity contribution in [1.82, 2.24) is 19.9 Å². The highest BCUT2D eigenvalue weighted by Gasteiger charge is 2.53. The summed E-state index contributed by atoms with van der Waals surface area (Å²) < 4.78 is 28.1. The number of hydrogen-bond acceptors (Lipinski definition) is 5. The summed E-state index contributed by atoms with van der Waals surface area (Å²) in [5, 5.41) is 13.4. The van der Waals surface area contributed by atoms with Crippen LogP contribution in [0.15, 0.2) is 24.7 Å². The first-order valence-corrected chi connectivity index (χ1v) is 9.62. The van der Waals surface area contributed by atoms with Gasteiger partial charge in [0.1, 0.15) is 11.5 Å². The van der Waals surface area contributed by atoms with Crippen molar-refractivity contribution >= 4 is 22.8 Å². The van der Waals surface area contributed by atoms with E-state index < -0.39 is 29.1 Å². The van der Waals surface area contributed by atoms with Gasteiger partial charge in [-0.1, -0.05) is 0 Å². The van der Waals surface area contributed by atoms with E-state index in [-0.39, 0.29) is 11.6 Å². The van der Waals surface area contributed by atoms with Crippen LogP contribution in [0.3, 0.4) is 0 Å². The van der Waals surface area contributed by atoms with Crippen LogP contribution < -0.4 is 5.32 Å². The molecule has 6 rings (SSSR count). The zero-order valence-electron chi connectivity index (χ0n) is 15.5. The number of pyridine rings is 1. The van der Waals surface area contributed by atoms with Crippen LogP contribution in [0.4, 0.5) is 14.6 Å². The van der Waals surface area contributed by atoms with Crippen LogP contribution in [0.2, 0.25) is 0 Å². The van der Waals surface area contributed by atoms with Gasteiger partial charge >= 0.3 is 5.97 Å². The van der Waals surface area contributed by atoms with Crippen LogP contribution in [-0.2, 0) is 4.79 Å². The molecule has 0 amide bonds. The first kappa shape index (κ1) is 18.0. The summed E-state index contributed by atoms with van der Waals surface area (Å²) in [4.78, 5) is 27.3. The Bertz CT molecular complexity index is 1110. The number of halogens is 2. The van der Waals surface area contributed by atoms with E-state index in [9.17, 15) is 18.7 Å². The van der Waals surface area contributed by atoms with Gasteiger partial charge in [-0.15, -0.1) is 0 Å². The van der Waals surface area contributed by atoms with Gasteiger partial charge in [-0.25, -0.2) is 23.7 Å². The Morgan fingerprint density at radius 2 is 2.03 bits per heavy atom. The van der Waals surface area contributed by atoms with Crippen LogP contribution in [0.5, 0.6) is 0 Å². The van der Waals surface area contributed by atoms with Crippen molar-refractivity contribution in [2.45, 2.75) is 38.1 Å². The standard InChI is InChI=1S/C20H19F2N5O2/c21-11-6-12-13(8-24-16(12)23-7-11)17-25-9-14(22)18(27-17)26-15-5-10-1-3-20(15,4-2-10)19(28)29/h6-10,15H,1-5H2,(H,23,24)(H,28,29)(H,25,26,27).